The van der Waals surface area contributed by atoms with Crippen LogP contribution >= 0.6 is 0 Å². The largest absolute Gasteiger partial charge is 0.375 e. The average Bonchev–Trinajstić information content (AvgIpc) is 3.24. The van der Waals surface area contributed by atoms with Gasteiger partial charge in [0.2, 0.25) is 11.8 Å². The number of H-pyrrole nitrogens is 1. The van der Waals surface area contributed by atoms with Crippen LogP contribution in [0.2, 0.25) is 0 Å². The Morgan fingerprint density at radius 1 is 1.18 bits per heavy atom. The Morgan fingerprint density at radius 3 is 2.58 bits per heavy atom. The second kappa shape index (κ2) is 11.3. The van der Waals surface area contributed by atoms with Gasteiger partial charge in [-0.3, -0.25) is 9.59 Å². The van der Waals surface area contributed by atoms with Crippen molar-refractivity contribution in [2.75, 3.05) is 13.1 Å². The molecule has 0 aliphatic carbocycles. The lowest BCUT2D eigenvalue weighted by atomic mass is 10.0. The molecular formula is C25H36FN5O2. The van der Waals surface area contributed by atoms with Crippen LogP contribution in [0.15, 0.2) is 30.5 Å². The van der Waals surface area contributed by atoms with E-state index in [1.807, 2.05) is 0 Å². The Morgan fingerprint density at radius 2 is 1.91 bits per heavy atom. The summed E-state index contributed by atoms with van der Waals surface area (Å²) in [5.74, 6) is -0.00192. The number of aromatic amines is 1. The summed E-state index contributed by atoms with van der Waals surface area (Å²) in [5.41, 5.74) is 1.67. The summed E-state index contributed by atoms with van der Waals surface area (Å²) in [7, 11) is 0. The van der Waals surface area contributed by atoms with Gasteiger partial charge in [0.15, 0.2) is 5.82 Å². The quantitative estimate of drug-likeness (QED) is 0.499. The summed E-state index contributed by atoms with van der Waals surface area (Å²) >= 11 is 0. The molecule has 1 aromatic carbocycles. The maximum atomic E-state index is 14.0. The lowest BCUT2D eigenvalue weighted by Gasteiger charge is -2.32. The number of hydrogen-bond acceptors (Lipinski definition) is 4. The summed E-state index contributed by atoms with van der Waals surface area (Å²) in [5, 5.41) is 5.83. The van der Waals surface area contributed by atoms with Gasteiger partial charge in [-0.15, -0.1) is 0 Å². The maximum absolute atomic E-state index is 14.0. The fourth-order valence-corrected chi connectivity index (χ4v) is 4.07. The van der Waals surface area contributed by atoms with Gasteiger partial charge in [0.1, 0.15) is 17.4 Å². The van der Waals surface area contributed by atoms with E-state index in [0.717, 1.165) is 38.0 Å². The number of benzene rings is 1. The molecule has 0 radical (unpaired) electrons. The van der Waals surface area contributed by atoms with E-state index in [-0.39, 0.29) is 17.3 Å². The number of likely N-dealkylation sites (tertiary alicyclic amines) is 1. The van der Waals surface area contributed by atoms with E-state index in [9.17, 15) is 14.0 Å². The van der Waals surface area contributed by atoms with Gasteiger partial charge < -0.3 is 20.5 Å². The van der Waals surface area contributed by atoms with Gasteiger partial charge in [0.25, 0.3) is 0 Å². The van der Waals surface area contributed by atoms with Gasteiger partial charge in [-0.2, -0.15) is 0 Å². The highest BCUT2D eigenvalue weighted by Crippen LogP contribution is 2.20. The van der Waals surface area contributed by atoms with Crippen molar-refractivity contribution in [3.63, 3.8) is 0 Å². The van der Waals surface area contributed by atoms with Crippen molar-refractivity contribution >= 4 is 22.8 Å². The number of amides is 2. The van der Waals surface area contributed by atoms with Crippen LogP contribution in [0, 0.1) is 11.7 Å². The van der Waals surface area contributed by atoms with E-state index in [2.05, 4.69) is 45.9 Å². The van der Waals surface area contributed by atoms with E-state index in [1.165, 1.54) is 12.5 Å². The number of carbonyl (C=O) groups is 2. The predicted octanol–water partition coefficient (Wildman–Crippen LogP) is 4.19. The van der Waals surface area contributed by atoms with E-state index in [1.54, 1.807) is 19.1 Å². The van der Waals surface area contributed by atoms with Crippen molar-refractivity contribution in [3.05, 3.63) is 42.1 Å². The minimum Gasteiger partial charge on any atom is -0.375 e. The summed E-state index contributed by atoms with van der Waals surface area (Å²) in [6.07, 6.45) is 4.90. The van der Waals surface area contributed by atoms with Crippen LogP contribution in [0.25, 0.3) is 11.0 Å². The Balaban J connectivity index is 1.69. The molecule has 0 spiro atoms. The van der Waals surface area contributed by atoms with Crippen molar-refractivity contribution < 1.29 is 14.0 Å². The Kier molecular flexibility index (Phi) is 8.47. The molecule has 0 saturated carbocycles. The molecule has 0 unspecified atom stereocenters. The number of rotatable bonds is 10. The number of halogens is 1. The SMILES string of the molecule is C=C(C[C@H](NC(=O)CCC(C)C)C(=O)N[C@@H](C)c1nc2c(F)cccc2[nH]1)N1CCCCC1. The number of piperidine rings is 1. The highest BCUT2D eigenvalue weighted by Gasteiger charge is 2.26. The van der Waals surface area contributed by atoms with Crippen LogP contribution in [-0.4, -0.2) is 45.8 Å². The normalized spacial score (nSPS) is 16.0. The Labute approximate surface area is 195 Å². The maximum Gasteiger partial charge on any atom is 0.243 e. The third kappa shape index (κ3) is 6.79. The molecule has 2 aromatic rings. The molecule has 1 aliphatic heterocycles. The van der Waals surface area contributed by atoms with E-state index < -0.39 is 17.9 Å². The Hall–Kier alpha value is -2.90. The molecule has 33 heavy (non-hydrogen) atoms. The number of imidazole rings is 1. The molecule has 1 aromatic heterocycles. The molecule has 3 rings (SSSR count). The van der Waals surface area contributed by atoms with Crippen molar-refractivity contribution in [3.8, 4) is 0 Å². The van der Waals surface area contributed by atoms with Gasteiger partial charge in [-0.25, -0.2) is 9.37 Å². The molecule has 1 fully saturated rings. The zero-order valence-electron chi connectivity index (χ0n) is 19.9. The van der Waals surface area contributed by atoms with Crippen LogP contribution in [0.1, 0.15) is 71.2 Å². The smallest absolute Gasteiger partial charge is 0.243 e. The fraction of sp³-hybridized carbons (Fsp3) is 0.560. The molecule has 3 N–H and O–H groups in total. The number of carbonyl (C=O) groups excluding carboxylic acids is 2. The molecule has 2 atom stereocenters. The van der Waals surface area contributed by atoms with Crippen LogP contribution in [0.5, 0.6) is 0 Å². The van der Waals surface area contributed by atoms with Crippen LogP contribution < -0.4 is 10.6 Å². The second-order valence-corrected chi connectivity index (χ2v) is 9.36. The average molecular weight is 458 g/mol. The van der Waals surface area contributed by atoms with E-state index in [4.69, 9.17) is 0 Å². The van der Waals surface area contributed by atoms with Gasteiger partial charge >= 0.3 is 0 Å². The molecular weight excluding hydrogens is 421 g/mol. The van der Waals surface area contributed by atoms with Crippen LogP contribution in [0.3, 0.4) is 0 Å². The van der Waals surface area contributed by atoms with Gasteiger partial charge in [-0.1, -0.05) is 26.5 Å². The molecule has 2 heterocycles. The minimum atomic E-state index is -0.734. The van der Waals surface area contributed by atoms with Crippen molar-refractivity contribution in [1.82, 2.24) is 25.5 Å². The summed E-state index contributed by atoms with van der Waals surface area (Å²) < 4.78 is 14.0. The lowest BCUT2D eigenvalue weighted by Crippen LogP contribution is -2.48. The molecule has 7 nitrogen and oxygen atoms in total. The summed E-state index contributed by atoms with van der Waals surface area (Å²) in [6.45, 7) is 12.0. The summed E-state index contributed by atoms with van der Waals surface area (Å²) in [6, 6.07) is 3.48. The number of para-hydroxylation sites is 1. The predicted molar refractivity (Wildman–Crippen MR) is 128 cm³/mol. The van der Waals surface area contributed by atoms with Gasteiger partial charge in [0, 0.05) is 31.6 Å². The zero-order valence-corrected chi connectivity index (χ0v) is 19.9. The van der Waals surface area contributed by atoms with Crippen molar-refractivity contribution in [2.24, 2.45) is 5.92 Å². The van der Waals surface area contributed by atoms with Crippen molar-refractivity contribution in [1.29, 1.82) is 0 Å². The van der Waals surface area contributed by atoms with E-state index in [0.29, 0.717) is 30.1 Å². The Bertz CT molecular complexity index is 980. The highest BCUT2D eigenvalue weighted by atomic mass is 19.1. The molecule has 1 saturated heterocycles. The fourth-order valence-electron chi connectivity index (χ4n) is 4.07. The first kappa shape index (κ1) is 24.7. The second-order valence-electron chi connectivity index (χ2n) is 9.36. The first-order valence-electron chi connectivity index (χ1n) is 11.9. The third-order valence-corrected chi connectivity index (χ3v) is 6.09. The number of nitrogens with zero attached hydrogens (tertiary/aromatic N) is 2. The number of fused-ring (bicyclic) bond motifs is 1. The molecule has 180 valence electrons. The monoisotopic (exact) mass is 457 g/mol. The number of hydrogen-bond donors (Lipinski definition) is 3. The minimum absolute atomic E-state index is 0.145. The molecule has 1 aliphatic rings. The van der Waals surface area contributed by atoms with Gasteiger partial charge in [-0.05, 0) is 50.7 Å². The number of nitrogens with one attached hydrogen (secondary N) is 3. The summed E-state index contributed by atoms with van der Waals surface area (Å²) in [4.78, 5) is 35.3. The molecule has 8 heteroatoms. The van der Waals surface area contributed by atoms with Crippen molar-refractivity contribution in [2.45, 2.75) is 71.4 Å². The molecule has 0 bridgehead atoms. The zero-order chi connectivity index (χ0) is 24.0. The molecule has 2 amide bonds. The topological polar surface area (TPSA) is 90.1 Å². The standard InChI is InChI=1S/C25H36FN5O2/c1-16(2)11-12-22(32)28-21(15-17(3)31-13-6-5-7-14-31)25(33)27-18(4)24-29-20-10-8-9-19(26)23(20)30-24/h8-10,16,18,21H,3,5-7,11-15H2,1-2,4H3,(H,27,33)(H,28,32)(H,29,30)/t18-,21-/m0/s1. The number of aromatic nitrogens is 2. The van der Waals surface area contributed by atoms with Crippen LogP contribution in [-0.2, 0) is 9.59 Å². The van der Waals surface area contributed by atoms with Gasteiger partial charge in [0.05, 0.1) is 11.6 Å². The highest BCUT2D eigenvalue weighted by molar-refractivity contribution is 5.88. The lowest BCUT2D eigenvalue weighted by molar-refractivity contribution is -0.129. The third-order valence-electron chi connectivity index (χ3n) is 6.09. The van der Waals surface area contributed by atoms with E-state index >= 15 is 0 Å². The first-order valence-corrected chi connectivity index (χ1v) is 11.9. The first-order chi connectivity index (χ1) is 15.7. The van der Waals surface area contributed by atoms with Crippen LogP contribution in [0.4, 0.5) is 4.39 Å².